The maximum atomic E-state index is 12.5. The van der Waals surface area contributed by atoms with Crippen LogP contribution in [0.4, 0.5) is 8.78 Å². The van der Waals surface area contributed by atoms with Crippen molar-refractivity contribution in [3.05, 3.63) is 34.7 Å². The summed E-state index contributed by atoms with van der Waals surface area (Å²) in [6.45, 7) is 0. The van der Waals surface area contributed by atoms with Gasteiger partial charge in [-0.15, -0.1) is 0 Å². The molecule has 0 fully saturated rings. The minimum absolute atomic E-state index is 0.227. The van der Waals surface area contributed by atoms with Gasteiger partial charge in [-0.3, -0.25) is 9.67 Å². The van der Waals surface area contributed by atoms with Crippen molar-refractivity contribution >= 4 is 15.9 Å². The summed E-state index contributed by atoms with van der Waals surface area (Å²) in [6, 6.07) is 4.81. The van der Waals surface area contributed by atoms with Crippen molar-refractivity contribution in [1.82, 2.24) is 14.8 Å². The quantitative estimate of drug-likeness (QED) is 0.849. The molecule has 2 rings (SSSR count). The monoisotopic (exact) mass is 287 g/mol. The highest BCUT2D eigenvalue weighted by Gasteiger charge is 2.12. The molecule has 0 aliphatic rings. The van der Waals surface area contributed by atoms with Gasteiger partial charge < -0.3 is 0 Å². The highest BCUT2D eigenvalue weighted by Crippen LogP contribution is 2.25. The van der Waals surface area contributed by atoms with E-state index in [-0.39, 0.29) is 5.69 Å². The van der Waals surface area contributed by atoms with Crippen LogP contribution < -0.4 is 0 Å². The molecule has 84 valence electrons. The first kappa shape index (κ1) is 11.2. The summed E-state index contributed by atoms with van der Waals surface area (Å²) in [4.78, 5) is 3.61. The molecule has 16 heavy (non-hydrogen) atoms. The van der Waals surface area contributed by atoms with Crippen LogP contribution in [0.25, 0.3) is 11.3 Å². The fourth-order valence-electron chi connectivity index (χ4n) is 1.43. The van der Waals surface area contributed by atoms with E-state index in [1.54, 1.807) is 23.9 Å². The Bertz CT molecular complexity index is 511. The SMILES string of the molecule is Cn1nc(Br)cc1-c1ccnc(C(F)F)c1. The molecular weight excluding hydrogens is 280 g/mol. The number of pyridine rings is 1. The molecule has 0 aliphatic heterocycles. The molecular formula is C10H8BrF2N3. The molecule has 2 aromatic heterocycles. The number of rotatable bonds is 2. The van der Waals surface area contributed by atoms with E-state index in [2.05, 4.69) is 26.0 Å². The predicted molar refractivity (Wildman–Crippen MR) is 59.1 cm³/mol. The number of hydrogen-bond acceptors (Lipinski definition) is 2. The average molecular weight is 288 g/mol. The van der Waals surface area contributed by atoms with Crippen LogP contribution in [0.5, 0.6) is 0 Å². The summed E-state index contributed by atoms with van der Waals surface area (Å²) in [5.41, 5.74) is 1.21. The van der Waals surface area contributed by atoms with Gasteiger partial charge in [-0.25, -0.2) is 8.78 Å². The minimum Gasteiger partial charge on any atom is -0.267 e. The Balaban J connectivity index is 2.48. The van der Waals surface area contributed by atoms with E-state index in [9.17, 15) is 8.78 Å². The fraction of sp³-hybridized carbons (Fsp3) is 0.200. The van der Waals surface area contributed by atoms with Crippen molar-refractivity contribution in [1.29, 1.82) is 0 Å². The lowest BCUT2D eigenvalue weighted by molar-refractivity contribution is 0.146. The standard InChI is InChI=1S/C10H8BrF2N3/c1-16-8(5-9(11)15-16)6-2-3-14-7(4-6)10(12)13/h2-5,10H,1H3. The van der Waals surface area contributed by atoms with Crippen LogP contribution in [0.15, 0.2) is 29.0 Å². The molecule has 0 aliphatic carbocycles. The second kappa shape index (κ2) is 4.29. The summed E-state index contributed by atoms with van der Waals surface area (Å²) in [6.07, 6.45) is -1.19. The maximum Gasteiger partial charge on any atom is 0.280 e. The van der Waals surface area contributed by atoms with Crippen LogP contribution in [0, 0.1) is 0 Å². The topological polar surface area (TPSA) is 30.7 Å². The third-order valence-electron chi connectivity index (χ3n) is 2.15. The Hall–Kier alpha value is -1.30. The predicted octanol–water partition coefficient (Wildman–Crippen LogP) is 3.18. The zero-order valence-corrected chi connectivity index (χ0v) is 9.95. The Morgan fingerprint density at radius 1 is 1.38 bits per heavy atom. The van der Waals surface area contributed by atoms with E-state index in [0.29, 0.717) is 10.2 Å². The molecule has 3 nitrogen and oxygen atoms in total. The van der Waals surface area contributed by atoms with Crippen LogP contribution in [0.2, 0.25) is 0 Å². The molecule has 6 heteroatoms. The molecule has 0 aromatic carbocycles. The second-order valence-corrected chi connectivity index (χ2v) is 4.06. The van der Waals surface area contributed by atoms with Gasteiger partial charge in [0.1, 0.15) is 10.3 Å². The first-order chi connectivity index (χ1) is 7.58. The van der Waals surface area contributed by atoms with Gasteiger partial charge in [0, 0.05) is 18.8 Å². The summed E-state index contributed by atoms with van der Waals surface area (Å²) in [7, 11) is 1.75. The van der Waals surface area contributed by atoms with Gasteiger partial charge in [-0.2, -0.15) is 5.10 Å². The first-order valence-electron chi connectivity index (χ1n) is 4.52. The molecule has 0 bridgehead atoms. The molecule has 0 amide bonds. The van der Waals surface area contributed by atoms with Crippen LogP contribution in [-0.4, -0.2) is 14.8 Å². The molecule has 0 atom stereocenters. The van der Waals surface area contributed by atoms with Crippen molar-refractivity contribution < 1.29 is 8.78 Å². The van der Waals surface area contributed by atoms with Crippen molar-refractivity contribution in [3.8, 4) is 11.3 Å². The third-order valence-corrected chi connectivity index (χ3v) is 2.54. The maximum absolute atomic E-state index is 12.5. The van der Waals surface area contributed by atoms with E-state index < -0.39 is 6.43 Å². The van der Waals surface area contributed by atoms with E-state index in [1.807, 2.05) is 0 Å². The van der Waals surface area contributed by atoms with Gasteiger partial charge in [0.05, 0.1) is 5.69 Å². The third kappa shape index (κ3) is 2.11. The van der Waals surface area contributed by atoms with Crippen LogP contribution in [0.1, 0.15) is 12.1 Å². The summed E-state index contributed by atoms with van der Waals surface area (Å²) < 4.78 is 27.2. The van der Waals surface area contributed by atoms with Gasteiger partial charge in [-0.05, 0) is 34.1 Å². The molecule has 0 N–H and O–H groups in total. The lowest BCUT2D eigenvalue weighted by atomic mass is 10.1. The lowest BCUT2D eigenvalue weighted by Crippen LogP contribution is -1.95. The zero-order valence-electron chi connectivity index (χ0n) is 8.36. The number of aromatic nitrogens is 3. The molecule has 0 unspecified atom stereocenters. The smallest absolute Gasteiger partial charge is 0.267 e. The molecule has 2 aromatic rings. The number of alkyl halides is 2. The molecule has 0 spiro atoms. The van der Waals surface area contributed by atoms with E-state index in [4.69, 9.17) is 0 Å². The van der Waals surface area contributed by atoms with Gasteiger partial charge in [-0.1, -0.05) is 0 Å². The van der Waals surface area contributed by atoms with Gasteiger partial charge in [0.15, 0.2) is 0 Å². The second-order valence-electron chi connectivity index (χ2n) is 3.25. The van der Waals surface area contributed by atoms with Crippen LogP contribution in [-0.2, 0) is 7.05 Å². The van der Waals surface area contributed by atoms with E-state index >= 15 is 0 Å². The van der Waals surface area contributed by atoms with Gasteiger partial charge in [0.25, 0.3) is 6.43 Å². The van der Waals surface area contributed by atoms with Crippen molar-refractivity contribution in [2.45, 2.75) is 6.43 Å². The van der Waals surface area contributed by atoms with Crippen molar-refractivity contribution in [2.24, 2.45) is 7.05 Å². The van der Waals surface area contributed by atoms with Gasteiger partial charge >= 0.3 is 0 Å². The number of nitrogens with zero attached hydrogens (tertiary/aromatic N) is 3. The highest BCUT2D eigenvalue weighted by molar-refractivity contribution is 9.10. The van der Waals surface area contributed by atoms with E-state index in [1.165, 1.54) is 12.3 Å². The fourth-order valence-corrected chi connectivity index (χ4v) is 1.88. The van der Waals surface area contributed by atoms with Crippen LogP contribution >= 0.6 is 15.9 Å². The van der Waals surface area contributed by atoms with Crippen LogP contribution in [0.3, 0.4) is 0 Å². The highest BCUT2D eigenvalue weighted by atomic mass is 79.9. The summed E-state index contributed by atoms with van der Waals surface area (Å²) in [5.74, 6) is 0. The molecule has 0 saturated heterocycles. The Morgan fingerprint density at radius 2 is 2.12 bits per heavy atom. The summed E-state index contributed by atoms with van der Waals surface area (Å²) in [5, 5.41) is 4.09. The van der Waals surface area contributed by atoms with E-state index in [0.717, 1.165) is 5.69 Å². The Morgan fingerprint density at radius 3 is 2.69 bits per heavy atom. The van der Waals surface area contributed by atoms with Crippen molar-refractivity contribution in [3.63, 3.8) is 0 Å². The normalized spacial score (nSPS) is 11.1. The zero-order chi connectivity index (χ0) is 11.7. The minimum atomic E-state index is -2.56. The summed E-state index contributed by atoms with van der Waals surface area (Å²) >= 11 is 3.23. The number of hydrogen-bond donors (Lipinski definition) is 0. The lowest BCUT2D eigenvalue weighted by Gasteiger charge is -2.03. The Kier molecular flexibility index (Phi) is 3.00. The largest absolute Gasteiger partial charge is 0.280 e. The first-order valence-corrected chi connectivity index (χ1v) is 5.31. The number of aryl methyl sites for hydroxylation is 1. The molecule has 0 saturated carbocycles. The van der Waals surface area contributed by atoms with Gasteiger partial charge in [0.2, 0.25) is 0 Å². The molecule has 2 heterocycles. The Labute approximate surface area is 99.2 Å². The van der Waals surface area contributed by atoms with Crippen molar-refractivity contribution in [2.75, 3.05) is 0 Å². The number of halogens is 3. The molecule has 0 radical (unpaired) electrons. The average Bonchev–Trinajstić information content (AvgIpc) is 2.58.